The number of aromatic hydroxyl groups is 1. The van der Waals surface area contributed by atoms with Gasteiger partial charge in [0, 0.05) is 5.56 Å². The Kier molecular flexibility index (Phi) is 3.96. The molecule has 0 aromatic heterocycles. The minimum atomic E-state index is -0.653. The summed E-state index contributed by atoms with van der Waals surface area (Å²) in [5.41, 5.74) is 0.564. The van der Waals surface area contributed by atoms with Crippen molar-refractivity contribution in [1.29, 1.82) is 0 Å². The van der Waals surface area contributed by atoms with E-state index in [9.17, 15) is 14.7 Å². The topological polar surface area (TPSA) is 75.6 Å². The number of nitrogens with one attached hydrogen (secondary N) is 1. The molecular formula is C13H17NO4. The van der Waals surface area contributed by atoms with Crippen LogP contribution >= 0.6 is 0 Å². The molecule has 1 aromatic carbocycles. The van der Waals surface area contributed by atoms with Crippen LogP contribution in [0.2, 0.25) is 0 Å². The van der Waals surface area contributed by atoms with Gasteiger partial charge in [0.2, 0.25) is 0 Å². The first-order chi connectivity index (χ1) is 8.23. The fourth-order valence-corrected chi connectivity index (χ4v) is 1.43. The number of anilines is 1. The Labute approximate surface area is 106 Å². The van der Waals surface area contributed by atoms with Gasteiger partial charge in [-0.2, -0.15) is 0 Å². The highest BCUT2D eigenvalue weighted by atomic mass is 16.6. The lowest BCUT2D eigenvalue weighted by atomic mass is 10.1. The number of phenols is 1. The van der Waals surface area contributed by atoms with Gasteiger partial charge in [0.15, 0.2) is 0 Å². The van der Waals surface area contributed by atoms with E-state index in [-0.39, 0.29) is 11.4 Å². The highest BCUT2D eigenvalue weighted by Gasteiger charge is 2.18. The van der Waals surface area contributed by atoms with E-state index in [0.717, 1.165) is 0 Å². The molecule has 2 N–H and O–H groups in total. The zero-order valence-corrected chi connectivity index (χ0v) is 10.9. The number of hydrogen-bond acceptors (Lipinski definition) is 4. The summed E-state index contributed by atoms with van der Waals surface area (Å²) < 4.78 is 5.08. The van der Waals surface area contributed by atoms with Crippen molar-refractivity contribution in [3.05, 3.63) is 23.3 Å². The molecule has 1 rings (SSSR count). The molecule has 0 spiro atoms. The predicted molar refractivity (Wildman–Crippen MR) is 68.1 cm³/mol. The van der Waals surface area contributed by atoms with Crippen LogP contribution in [0.3, 0.4) is 0 Å². The highest BCUT2D eigenvalue weighted by molar-refractivity contribution is 5.89. The Morgan fingerprint density at radius 2 is 2.00 bits per heavy atom. The summed E-state index contributed by atoms with van der Waals surface area (Å²) in [5, 5.41) is 12.2. The molecule has 0 fully saturated rings. The summed E-state index contributed by atoms with van der Waals surface area (Å²) in [6.07, 6.45) is -0.0241. The molecule has 0 aliphatic rings. The van der Waals surface area contributed by atoms with Crippen LogP contribution in [0, 0.1) is 6.92 Å². The van der Waals surface area contributed by atoms with Crippen molar-refractivity contribution in [2.45, 2.75) is 33.3 Å². The van der Waals surface area contributed by atoms with Crippen molar-refractivity contribution in [3.63, 3.8) is 0 Å². The minimum absolute atomic E-state index is 0.164. The van der Waals surface area contributed by atoms with Gasteiger partial charge in [0.05, 0.1) is 5.69 Å². The van der Waals surface area contributed by atoms with Gasteiger partial charge in [-0.15, -0.1) is 0 Å². The third kappa shape index (κ3) is 3.76. The predicted octanol–water partition coefficient (Wildman–Crippen LogP) is 2.86. The largest absolute Gasteiger partial charge is 0.506 e. The van der Waals surface area contributed by atoms with Crippen molar-refractivity contribution in [2.75, 3.05) is 5.32 Å². The SMILES string of the molecule is Cc1cc(C=O)cc(O)c1NC(=O)OC(C)(C)C. The maximum Gasteiger partial charge on any atom is 0.412 e. The Morgan fingerprint density at radius 3 is 2.44 bits per heavy atom. The second-order valence-corrected chi connectivity index (χ2v) is 4.98. The number of rotatable bonds is 2. The average Bonchev–Trinajstić information content (AvgIpc) is 2.20. The molecule has 18 heavy (non-hydrogen) atoms. The zero-order chi connectivity index (χ0) is 13.9. The molecule has 0 saturated heterocycles. The van der Waals surface area contributed by atoms with E-state index in [1.165, 1.54) is 6.07 Å². The normalized spacial score (nSPS) is 10.9. The van der Waals surface area contributed by atoms with Crippen molar-refractivity contribution in [3.8, 4) is 5.75 Å². The van der Waals surface area contributed by atoms with Crippen molar-refractivity contribution >= 4 is 18.1 Å². The Balaban J connectivity index is 2.92. The number of amides is 1. The molecule has 5 nitrogen and oxygen atoms in total. The second kappa shape index (κ2) is 5.08. The molecular weight excluding hydrogens is 234 g/mol. The van der Waals surface area contributed by atoms with Crippen LogP contribution in [0.15, 0.2) is 12.1 Å². The fourth-order valence-electron chi connectivity index (χ4n) is 1.43. The van der Waals surface area contributed by atoms with Gasteiger partial charge in [0.1, 0.15) is 17.6 Å². The van der Waals surface area contributed by atoms with Gasteiger partial charge in [-0.25, -0.2) is 4.79 Å². The van der Waals surface area contributed by atoms with Crippen LogP contribution in [0.4, 0.5) is 10.5 Å². The molecule has 0 saturated carbocycles. The first-order valence-electron chi connectivity index (χ1n) is 5.52. The van der Waals surface area contributed by atoms with Gasteiger partial charge >= 0.3 is 6.09 Å². The maximum absolute atomic E-state index is 11.6. The molecule has 0 aliphatic heterocycles. The molecule has 0 aliphatic carbocycles. The first-order valence-corrected chi connectivity index (χ1v) is 5.52. The maximum atomic E-state index is 11.6. The lowest BCUT2D eigenvalue weighted by Crippen LogP contribution is -2.27. The zero-order valence-electron chi connectivity index (χ0n) is 10.9. The number of carbonyl (C=O) groups is 2. The quantitative estimate of drug-likeness (QED) is 0.626. The molecule has 0 bridgehead atoms. The van der Waals surface area contributed by atoms with E-state index in [4.69, 9.17) is 4.74 Å². The second-order valence-electron chi connectivity index (χ2n) is 4.98. The number of hydrogen-bond donors (Lipinski definition) is 2. The summed E-state index contributed by atoms with van der Waals surface area (Å²) in [6, 6.07) is 2.85. The molecule has 98 valence electrons. The monoisotopic (exact) mass is 251 g/mol. The van der Waals surface area contributed by atoms with Gasteiger partial charge in [0.25, 0.3) is 0 Å². The third-order valence-electron chi connectivity index (χ3n) is 2.10. The van der Waals surface area contributed by atoms with Crippen molar-refractivity contribution < 1.29 is 19.4 Å². The van der Waals surface area contributed by atoms with E-state index in [2.05, 4.69) is 5.32 Å². The average molecular weight is 251 g/mol. The number of aryl methyl sites for hydroxylation is 1. The van der Waals surface area contributed by atoms with Crippen LogP contribution in [0.1, 0.15) is 36.7 Å². The summed E-state index contributed by atoms with van der Waals surface area (Å²) in [6.45, 7) is 6.91. The van der Waals surface area contributed by atoms with E-state index in [0.29, 0.717) is 17.4 Å². The summed E-state index contributed by atoms with van der Waals surface area (Å²) in [5.74, 6) is -0.164. The number of carbonyl (C=O) groups excluding carboxylic acids is 2. The number of ether oxygens (including phenoxy) is 1. The van der Waals surface area contributed by atoms with Crippen LogP contribution < -0.4 is 5.32 Å². The van der Waals surface area contributed by atoms with Crippen molar-refractivity contribution in [2.24, 2.45) is 0 Å². The number of aldehydes is 1. The van der Waals surface area contributed by atoms with Crippen LogP contribution in [-0.2, 0) is 4.74 Å². The number of benzene rings is 1. The van der Waals surface area contributed by atoms with E-state index in [1.54, 1.807) is 33.8 Å². The molecule has 1 aromatic rings. The molecule has 0 radical (unpaired) electrons. The van der Waals surface area contributed by atoms with Crippen LogP contribution in [0.25, 0.3) is 0 Å². The molecule has 1 amide bonds. The third-order valence-corrected chi connectivity index (χ3v) is 2.10. The van der Waals surface area contributed by atoms with E-state index < -0.39 is 11.7 Å². The van der Waals surface area contributed by atoms with E-state index in [1.807, 2.05) is 0 Å². The highest BCUT2D eigenvalue weighted by Crippen LogP contribution is 2.28. The Hall–Kier alpha value is -2.04. The van der Waals surface area contributed by atoms with Crippen LogP contribution in [0.5, 0.6) is 5.75 Å². The molecule has 5 heteroatoms. The van der Waals surface area contributed by atoms with Gasteiger partial charge in [-0.05, 0) is 45.4 Å². The summed E-state index contributed by atoms with van der Waals surface area (Å²) in [4.78, 5) is 22.2. The Bertz CT molecular complexity index is 451. The smallest absolute Gasteiger partial charge is 0.412 e. The lowest BCUT2D eigenvalue weighted by Gasteiger charge is -2.20. The van der Waals surface area contributed by atoms with Gasteiger partial charge in [-0.3, -0.25) is 10.1 Å². The minimum Gasteiger partial charge on any atom is -0.506 e. The summed E-state index contributed by atoms with van der Waals surface area (Å²) >= 11 is 0. The van der Waals surface area contributed by atoms with Crippen LogP contribution in [-0.4, -0.2) is 23.1 Å². The number of phenolic OH excluding ortho intramolecular Hbond substituents is 1. The first kappa shape index (κ1) is 14.0. The molecule has 0 heterocycles. The van der Waals surface area contributed by atoms with E-state index >= 15 is 0 Å². The summed E-state index contributed by atoms with van der Waals surface area (Å²) in [7, 11) is 0. The van der Waals surface area contributed by atoms with Gasteiger partial charge < -0.3 is 9.84 Å². The Morgan fingerprint density at radius 1 is 1.39 bits per heavy atom. The lowest BCUT2D eigenvalue weighted by molar-refractivity contribution is 0.0635. The molecule has 0 atom stereocenters. The van der Waals surface area contributed by atoms with Gasteiger partial charge in [-0.1, -0.05) is 0 Å². The standard InChI is InChI=1S/C13H17NO4/c1-8-5-9(7-15)6-10(16)11(8)14-12(17)18-13(2,3)4/h5-7,16H,1-4H3,(H,14,17). The fraction of sp³-hybridized carbons (Fsp3) is 0.385. The van der Waals surface area contributed by atoms with Crippen molar-refractivity contribution in [1.82, 2.24) is 0 Å². The molecule has 0 unspecified atom stereocenters.